The number of ether oxygens (including phenoxy) is 1. The number of rotatable bonds is 6. The number of hydrogen-bond acceptors (Lipinski definition) is 4. The first kappa shape index (κ1) is 18.5. The van der Waals surface area contributed by atoms with Gasteiger partial charge in [-0.05, 0) is 68.7 Å². The molecule has 0 aromatic heterocycles. The minimum Gasteiger partial charge on any atom is -0.385 e. The molecule has 1 aromatic carbocycles. The Kier molecular flexibility index (Phi) is 6.24. The molecule has 25 heavy (non-hydrogen) atoms. The van der Waals surface area contributed by atoms with Gasteiger partial charge in [0, 0.05) is 37.1 Å². The predicted molar refractivity (Wildman–Crippen MR) is 106 cm³/mol. The van der Waals surface area contributed by atoms with Crippen molar-refractivity contribution >= 4 is 11.4 Å². The molecular formula is C21H35N3O. The van der Waals surface area contributed by atoms with Crippen molar-refractivity contribution in [2.75, 3.05) is 36.5 Å². The van der Waals surface area contributed by atoms with E-state index in [9.17, 15) is 0 Å². The monoisotopic (exact) mass is 345 g/mol. The molecule has 2 fully saturated rings. The van der Waals surface area contributed by atoms with E-state index in [1.807, 2.05) is 0 Å². The zero-order valence-electron chi connectivity index (χ0n) is 16.0. The molecule has 0 radical (unpaired) electrons. The van der Waals surface area contributed by atoms with Crippen LogP contribution in [-0.4, -0.2) is 37.9 Å². The van der Waals surface area contributed by atoms with E-state index in [1.54, 1.807) is 0 Å². The van der Waals surface area contributed by atoms with Crippen LogP contribution >= 0.6 is 0 Å². The summed E-state index contributed by atoms with van der Waals surface area (Å²) in [5.74, 6) is 0.772. The lowest BCUT2D eigenvalue weighted by Crippen LogP contribution is -2.51. The zero-order chi connectivity index (χ0) is 17.7. The van der Waals surface area contributed by atoms with Gasteiger partial charge in [-0.3, -0.25) is 0 Å². The van der Waals surface area contributed by atoms with E-state index in [4.69, 9.17) is 10.5 Å². The van der Waals surface area contributed by atoms with E-state index in [2.05, 4.69) is 48.3 Å². The van der Waals surface area contributed by atoms with E-state index >= 15 is 0 Å². The van der Waals surface area contributed by atoms with E-state index in [0.29, 0.717) is 6.04 Å². The molecule has 3 N–H and O–H groups in total. The van der Waals surface area contributed by atoms with Crippen LogP contribution in [0.1, 0.15) is 52.4 Å². The fourth-order valence-corrected chi connectivity index (χ4v) is 4.19. The summed E-state index contributed by atoms with van der Waals surface area (Å²) in [6.45, 7) is 8.34. The van der Waals surface area contributed by atoms with Gasteiger partial charge in [0.15, 0.2) is 0 Å². The quantitative estimate of drug-likeness (QED) is 0.818. The second kappa shape index (κ2) is 8.41. The largest absolute Gasteiger partial charge is 0.385 e. The van der Waals surface area contributed by atoms with Gasteiger partial charge in [-0.1, -0.05) is 13.8 Å². The van der Waals surface area contributed by atoms with Gasteiger partial charge in [0.25, 0.3) is 0 Å². The number of anilines is 2. The van der Waals surface area contributed by atoms with Crippen molar-refractivity contribution in [2.45, 2.75) is 64.0 Å². The van der Waals surface area contributed by atoms with Crippen molar-refractivity contribution in [1.29, 1.82) is 0 Å². The normalized spacial score (nSPS) is 26.4. The molecule has 0 spiro atoms. The predicted octanol–water partition coefficient (Wildman–Crippen LogP) is 4.01. The van der Waals surface area contributed by atoms with Gasteiger partial charge in [0.1, 0.15) is 0 Å². The molecule has 2 aliphatic rings. The maximum Gasteiger partial charge on any atom is 0.0852 e. The minimum absolute atomic E-state index is 0.0248. The molecule has 1 heterocycles. The molecule has 0 unspecified atom stereocenters. The highest BCUT2D eigenvalue weighted by molar-refractivity contribution is 5.55. The van der Waals surface area contributed by atoms with E-state index < -0.39 is 0 Å². The summed E-state index contributed by atoms with van der Waals surface area (Å²) in [5.41, 5.74) is 8.56. The summed E-state index contributed by atoms with van der Waals surface area (Å²) < 4.78 is 6.09. The maximum absolute atomic E-state index is 6.09. The Morgan fingerprint density at radius 1 is 1.12 bits per heavy atom. The summed E-state index contributed by atoms with van der Waals surface area (Å²) in [7, 11) is 0. The first-order valence-electron chi connectivity index (χ1n) is 10.1. The van der Waals surface area contributed by atoms with Crippen LogP contribution in [0.5, 0.6) is 0 Å². The zero-order valence-corrected chi connectivity index (χ0v) is 16.0. The summed E-state index contributed by atoms with van der Waals surface area (Å²) in [6.07, 6.45) is 7.03. The number of nitrogens with zero attached hydrogens (tertiary/aromatic N) is 1. The van der Waals surface area contributed by atoms with Crippen LogP contribution < -0.4 is 16.0 Å². The first-order chi connectivity index (χ1) is 12.1. The van der Waals surface area contributed by atoms with Crippen molar-refractivity contribution in [1.82, 2.24) is 0 Å². The maximum atomic E-state index is 6.09. The Morgan fingerprint density at radius 3 is 2.44 bits per heavy atom. The highest BCUT2D eigenvalue weighted by Crippen LogP contribution is 2.29. The first-order valence-corrected chi connectivity index (χ1v) is 10.1. The lowest BCUT2D eigenvalue weighted by molar-refractivity contribution is -0.0604. The Hall–Kier alpha value is -1.26. The number of benzene rings is 1. The van der Waals surface area contributed by atoms with Crippen LogP contribution in [0.2, 0.25) is 0 Å². The summed E-state index contributed by atoms with van der Waals surface area (Å²) >= 11 is 0. The summed E-state index contributed by atoms with van der Waals surface area (Å²) in [5, 5.41) is 3.61. The van der Waals surface area contributed by atoms with E-state index in [-0.39, 0.29) is 5.60 Å². The van der Waals surface area contributed by atoms with E-state index in [1.165, 1.54) is 37.1 Å². The Bertz CT molecular complexity index is 518. The van der Waals surface area contributed by atoms with Crippen LogP contribution in [0.3, 0.4) is 0 Å². The molecule has 3 rings (SSSR count). The number of hydrogen-bond donors (Lipinski definition) is 2. The lowest BCUT2D eigenvalue weighted by atomic mass is 9.86. The molecule has 0 amide bonds. The fraction of sp³-hybridized carbons (Fsp3) is 0.714. The minimum atomic E-state index is 0.0248. The highest BCUT2D eigenvalue weighted by Gasteiger charge is 2.33. The molecule has 1 aromatic rings. The van der Waals surface area contributed by atoms with Crippen LogP contribution in [0.25, 0.3) is 0 Å². The third kappa shape index (κ3) is 4.68. The van der Waals surface area contributed by atoms with Crippen molar-refractivity contribution in [3.05, 3.63) is 24.3 Å². The second-order valence-corrected chi connectivity index (χ2v) is 7.87. The molecule has 4 heteroatoms. The number of nitrogens with two attached hydrogens (primary N) is 1. The van der Waals surface area contributed by atoms with Crippen LogP contribution in [0.15, 0.2) is 24.3 Å². The van der Waals surface area contributed by atoms with Gasteiger partial charge in [0.05, 0.1) is 12.2 Å². The molecule has 0 atom stereocenters. The smallest absolute Gasteiger partial charge is 0.0852 e. The fourth-order valence-electron chi connectivity index (χ4n) is 4.19. The topological polar surface area (TPSA) is 50.5 Å². The van der Waals surface area contributed by atoms with Gasteiger partial charge in [-0.2, -0.15) is 0 Å². The van der Waals surface area contributed by atoms with Gasteiger partial charge in [-0.15, -0.1) is 0 Å². The molecule has 1 aliphatic carbocycles. The van der Waals surface area contributed by atoms with Crippen LogP contribution in [0.4, 0.5) is 11.4 Å². The molecule has 1 saturated heterocycles. The summed E-state index contributed by atoms with van der Waals surface area (Å²) in [6, 6.07) is 9.38. The van der Waals surface area contributed by atoms with Crippen molar-refractivity contribution < 1.29 is 4.74 Å². The van der Waals surface area contributed by atoms with Gasteiger partial charge in [-0.25, -0.2) is 0 Å². The molecule has 1 saturated carbocycles. The van der Waals surface area contributed by atoms with Crippen molar-refractivity contribution in [3.63, 3.8) is 0 Å². The molecule has 0 bridgehead atoms. The summed E-state index contributed by atoms with van der Waals surface area (Å²) in [4.78, 5) is 2.48. The molecule has 1 aliphatic heterocycles. The van der Waals surface area contributed by atoms with E-state index in [0.717, 1.165) is 45.0 Å². The average molecular weight is 346 g/mol. The molecule has 140 valence electrons. The average Bonchev–Trinajstić information content (AvgIpc) is 2.68. The standard InChI is InChI=1S/C21H35N3O/c1-3-21(4-2)16-24(13-14-25-21)20-11-9-19(10-12-20)23-15-17-5-7-18(22)8-6-17/h9-12,17-18,23H,3-8,13-16,22H2,1-2H3. The third-order valence-corrected chi connectivity index (χ3v) is 6.26. The third-order valence-electron chi connectivity index (χ3n) is 6.26. The number of morpholine rings is 1. The van der Waals surface area contributed by atoms with Crippen LogP contribution in [0, 0.1) is 5.92 Å². The SMILES string of the molecule is CCC1(CC)CN(c2ccc(NCC3CCC(N)CC3)cc2)CCO1. The Labute approximate surface area is 153 Å². The van der Waals surface area contributed by atoms with Gasteiger partial charge < -0.3 is 20.7 Å². The Morgan fingerprint density at radius 2 is 1.80 bits per heavy atom. The highest BCUT2D eigenvalue weighted by atomic mass is 16.5. The molecule has 4 nitrogen and oxygen atoms in total. The van der Waals surface area contributed by atoms with Crippen molar-refractivity contribution in [2.24, 2.45) is 11.7 Å². The number of nitrogens with one attached hydrogen (secondary N) is 1. The van der Waals surface area contributed by atoms with Gasteiger partial charge in [0.2, 0.25) is 0 Å². The van der Waals surface area contributed by atoms with Crippen LogP contribution in [-0.2, 0) is 4.74 Å². The lowest BCUT2D eigenvalue weighted by Gasteiger charge is -2.43. The second-order valence-electron chi connectivity index (χ2n) is 7.87. The molecular weight excluding hydrogens is 310 g/mol. The Balaban J connectivity index is 1.53. The van der Waals surface area contributed by atoms with Gasteiger partial charge >= 0.3 is 0 Å². The van der Waals surface area contributed by atoms with Crippen molar-refractivity contribution in [3.8, 4) is 0 Å².